The Hall–Kier alpha value is -2.94. The smallest absolute Gasteiger partial charge is 0.328 e. The van der Waals surface area contributed by atoms with Crippen LogP contribution >= 0.6 is 11.3 Å². The maximum Gasteiger partial charge on any atom is 0.416 e. The molecule has 1 N–H and O–H groups in total. The van der Waals surface area contributed by atoms with Crippen LogP contribution in [0.25, 0.3) is 0 Å². The van der Waals surface area contributed by atoms with Crippen LogP contribution in [-0.4, -0.2) is 20.5 Å². The van der Waals surface area contributed by atoms with Gasteiger partial charge in [0, 0.05) is 28.5 Å². The van der Waals surface area contributed by atoms with Gasteiger partial charge >= 0.3 is 6.18 Å². The lowest BCUT2D eigenvalue weighted by Crippen LogP contribution is -2.34. The molecule has 5 rings (SSSR count). The lowest BCUT2D eigenvalue weighted by atomic mass is 9.79. The lowest BCUT2D eigenvalue weighted by molar-refractivity contribution is -0.138. The number of nitrogens with one attached hydrogen (secondary N) is 1. The van der Waals surface area contributed by atoms with Gasteiger partial charge in [0.05, 0.1) is 5.56 Å². The third kappa shape index (κ3) is 2.96. The number of fused-ring (bicyclic) bond motifs is 1. The third-order valence-electron chi connectivity index (χ3n) is 5.37. The summed E-state index contributed by atoms with van der Waals surface area (Å²) in [4.78, 5) is 18.4. The molecule has 0 saturated carbocycles. The van der Waals surface area contributed by atoms with E-state index in [2.05, 4.69) is 15.4 Å². The Kier molecular flexibility index (Phi) is 4.09. The van der Waals surface area contributed by atoms with Gasteiger partial charge in [0.1, 0.15) is 12.4 Å². The van der Waals surface area contributed by atoms with E-state index in [4.69, 9.17) is 0 Å². The second-order valence-electron chi connectivity index (χ2n) is 7.08. The molecule has 2 aromatic heterocycles. The van der Waals surface area contributed by atoms with Gasteiger partial charge in [0.25, 0.3) is 0 Å². The quantitative estimate of drug-likeness (QED) is 0.654. The van der Waals surface area contributed by atoms with Crippen LogP contribution < -0.4 is 5.32 Å². The van der Waals surface area contributed by atoms with Gasteiger partial charge in [-0.25, -0.2) is 4.68 Å². The molecule has 1 aliphatic carbocycles. The van der Waals surface area contributed by atoms with Crippen LogP contribution in [0.2, 0.25) is 0 Å². The minimum absolute atomic E-state index is 0.00160. The number of alkyl halides is 3. The number of benzene rings is 1. The van der Waals surface area contributed by atoms with Crippen LogP contribution in [-0.2, 0) is 11.0 Å². The summed E-state index contributed by atoms with van der Waals surface area (Å²) in [6.45, 7) is 0. The number of carbonyl (C=O) groups excluding carboxylic acids is 1. The molecule has 3 aromatic rings. The molecule has 148 valence electrons. The molecule has 0 saturated heterocycles. The molecule has 0 amide bonds. The molecule has 1 aromatic carbocycles. The molecule has 3 heterocycles. The second-order valence-corrected chi connectivity index (χ2v) is 8.06. The van der Waals surface area contributed by atoms with Crippen molar-refractivity contribution in [3.05, 3.63) is 75.4 Å². The number of Topliss-reactive ketones (excluding diaryl/α,β-unsaturated/α-hetero) is 1. The molecule has 0 radical (unpaired) electrons. The Bertz CT molecular complexity index is 1120. The zero-order valence-corrected chi connectivity index (χ0v) is 15.8. The molecule has 2 aliphatic rings. The summed E-state index contributed by atoms with van der Waals surface area (Å²) in [6, 6.07) is 8.30. The van der Waals surface area contributed by atoms with Crippen molar-refractivity contribution in [3.63, 3.8) is 0 Å². The molecular weight excluding hydrogens is 401 g/mol. The number of anilines is 1. The van der Waals surface area contributed by atoms with Gasteiger partial charge in [-0.3, -0.25) is 4.79 Å². The third-order valence-corrected chi connectivity index (χ3v) is 6.40. The number of allylic oxidation sites excluding steroid dienone is 2. The van der Waals surface area contributed by atoms with Crippen LogP contribution in [0, 0.1) is 0 Å². The molecule has 1 aliphatic heterocycles. The number of rotatable bonds is 2. The summed E-state index contributed by atoms with van der Waals surface area (Å²) in [5.74, 6) is 0.173. The minimum Gasteiger partial charge on any atom is -0.328 e. The van der Waals surface area contributed by atoms with Gasteiger partial charge in [-0.15, -0.1) is 11.3 Å². The molecule has 0 bridgehead atoms. The fourth-order valence-electron chi connectivity index (χ4n) is 4.16. The van der Waals surface area contributed by atoms with Crippen LogP contribution in [0.15, 0.2) is 59.4 Å². The Morgan fingerprint density at radius 1 is 1.14 bits per heavy atom. The van der Waals surface area contributed by atoms with Crippen molar-refractivity contribution in [3.8, 4) is 0 Å². The first-order valence-electron chi connectivity index (χ1n) is 9.06. The number of halogens is 3. The summed E-state index contributed by atoms with van der Waals surface area (Å²) < 4.78 is 42.5. The number of carbonyl (C=O) groups is 1. The highest BCUT2D eigenvalue weighted by molar-refractivity contribution is 7.10. The molecule has 29 heavy (non-hydrogen) atoms. The minimum atomic E-state index is -4.54. The van der Waals surface area contributed by atoms with Crippen molar-refractivity contribution in [1.29, 1.82) is 0 Å². The first kappa shape index (κ1) is 18.1. The van der Waals surface area contributed by atoms with Crippen molar-refractivity contribution in [2.24, 2.45) is 0 Å². The van der Waals surface area contributed by atoms with E-state index in [9.17, 15) is 18.0 Å². The fourth-order valence-corrected chi connectivity index (χ4v) is 4.99. The number of ketones is 1. The van der Waals surface area contributed by atoms with Gasteiger partial charge in [0.15, 0.2) is 5.78 Å². The predicted molar refractivity (Wildman–Crippen MR) is 102 cm³/mol. The summed E-state index contributed by atoms with van der Waals surface area (Å²) >= 11 is 1.58. The highest BCUT2D eigenvalue weighted by atomic mass is 32.1. The van der Waals surface area contributed by atoms with E-state index in [1.807, 2.05) is 17.5 Å². The number of nitrogens with zero attached hydrogens (tertiary/aromatic N) is 3. The van der Waals surface area contributed by atoms with Gasteiger partial charge in [-0.05, 0) is 29.5 Å². The number of hydrogen-bond acceptors (Lipinski definition) is 5. The van der Waals surface area contributed by atoms with Gasteiger partial charge in [-0.2, -0.15) is 23.3 Å². The summed E-state index contributed by atoms with van der Waals surface area (Å²) in [6.07, 6.45) is -2.46. The topological polar surface area (TPSA) is 59.8 Å². The van der Waals surface area contributed by atoms with E-state index >= 15 is 0 Å². The van der Waals surface area contributed by atoms with E-state index in [0.29, 0.717) is 23.6 Å². The number of hydrogen-bond donors (Lipinski definition) is 1. The number of thiophene rings is 1. The maximum absolute atomic E-state index is 13.7. The van der Waals surface area contributed by atoms with Crippen molar-refractivity contribution >= 4 is 23.1 Å². The average Bonchev–Trinajstić information content (AvgIpc) is 3.37. The van der Waals surface area contributed by atoms with Gasteiger partial charge < -0.3 is 5.32 Å². The van der Waals surface area contributed by atoms with Crippen LogP contribution in [0.3, 0.4) is 0 Å². The SMILES string of the molecule is O=C1C[C@@H](c2cccs2)CC2=C1[C@H](c1ccccc1C(F)(F)F)n1ncnc1N2. The zero-order valence-electron chi connectivity index (χ0n) is 15.0. The summed E-state index contributed by atoms with van der Waals surface area (Å²) in [7, 11) is 0. The highest BCUT2D eigenvalue weighted by Crippen LogP contribution is 2.46. The Morgan fingerprint density at radius 2 is 1.97 bits per heavy atom. The van der Waals surface area contributed by atoms with Crippen molar-refractivity contribution in [2.45, 2.75) is 31.0 Å². The normalized spacial score (nSPS) is 21.6. The van der Waals surface area contributed by atoms with E-state index < -0.39 is 17.8 Å². The van der Waals surface area contributed by atoms with Gasteiger partial charge in [-0.1, -0.05) is 24.3 Å². The van der Waals surface area contributed by atoms with Crippen molar-refractivity contribution in [1.82, 2.24) is 14.8 Å². The van der Waals surface area contributed by atoms with Gasteiger partial charge in [0.2, 0.25) is 5.95 Å². The van der Waals surface area contributed by atoms with E-state index in [1.54, 1.807) is 17.4 Å². The van der Waals surface area contributed by atoms with Crippen LogP contribution in [0.4, 0.5) is 19.1 Å². The Balaban J connectivity index is 1.67. The monoisotopic (exact) mass is 416 g/mol. The molecule has 9 heteroatoms. The fraction of sp³-hybridized carbons (Fsp3) is 0.250. The summed E-state index contributed by atoms with van der Waals surface area (Å²) in [5.41, 5.74) is 0.201. The van der Waals surface area contributed by atoms with E-state index in [0.717, 1.165) is 10.9 Å². The largest absolute Gasteiger partial charge is 0.416 e. The molecule has 0 spiro atoms. The van der Waals surface area contributed by atoms with Crippen LogP contribution in [0.5, 0.6) is 0 Å². The molecule has 0 fully saturated rings. The highest BCUT2D eigenvalue weighted by Gasteiger charge is 2.43. The molecule has 0 unspecified atom stereocenters. The Labute approximate surface area is 167 Å². The van der Waals surface area contributed by atoms with Crippen molar-refractivity contribution in [2.75, 3.05) is 5.32 Å². The first-order valence-corrected chi connectivity index (χ1v) is 9.93. The maximum atomic E-state index is 13.7. The zero-order chi connectivity index (χ0) is 20.2. The predicted octanol–water partition coefficient (Wildman–Crippen LogP) is 4.77. The first-order chi connectivity index (χ1) is 13.9. The number of aromatic nitrogens is 3. The van der Waals surface area contributed by atoms with E-state index in [1.165, 1.54) is 23.1 Å². The molecule has 5 nitrogen and oxygen atoms in total. The summed E-state index contributed by atoms with van der Waals surface area (Å²) in [5, 5.41) is 9.21. The standard InChI is InChI=1S/C20H15F3N4OS/c21-20(22,23)13-5-2-1-4-12(13)18-17-14(26-19-24-10-25-27(18)19)8-11(9-15(17)28)16-6-3-7-29-16/h1-7,10-11,18H,8-9H2,(H,24,25,26)/t11-,18-/m0/s1. The van der Waals surface area contributed by atoms with Crippen LogP contribution in [0.1, 0.15) is 40.8 Å². The van der Waals surface area contributed by atoms with Crippen molar-refractivity contribution < 1.29 is 18.0 Å². The lowest BCUT2D eigenvalue weighted by Gasteiger charge is -2.35. The average molecular weight is 416 g/mol. The second kappa shape index (κ2) is 6.55. The Morgan fingerprint density at radius 3 is 2.72 bits per heavy atom. The molecular formula is C20H15F3N4OS. The van der Waals surface area contributed by atoms with E-state index in [-0.39, 0.29) is 23.7 Å². The molecule has 2 atom stereocenters.